The second-order valence-corrected chi connectivity index (χ2v) is 4.71. The molecule has 2 aromatic carbocycles. The zero-order chi connectivity index (χ0) is 14.3. The van der Waals surface area contributed by atoms with Gasteiger partial charge in [0.15, 0.2) is 0 Å². The molecule has 0 fully saturated rings. The van der Waals surface area contributed by atoms with Crippen molar-refractivity contribution in [3.8, 4) is 5.69 Å². The fourth-order valence-electron chi connectivity index (χ4n) is 2.12. The smallest absolute Gasteiger partial charge is 0.301 e. The highest BCUT2D eigenvalue weighted by Crippen LogP contribution is 2.19. The Morgan fingerprint density at radius 3 is 2.45 bits per heavy atom. The molecule has 0 bridgehead atoms. The maximum Gasteiger partial charge on any atom is 0.301 e. The van der Waals surface area contributed by atoms with Crippen molar-refractivity contribution in [1.29, 1.82) is 5.41 Å². The molecule has 6 heteroatoms. The molecule has 0 amide bonds. The van der Waals surface area contributed by atoms with E-state index in [2.05, 4.69) is 0 Å². The predicted octanol–water partition coefficient (Wildman–Crippen LogP) is 2.16. The third-order valence-electron chi connectivity index (χ3n) is 3.04. The fourth-order valence-corrected chi connectivity index (χ4v) is 2.28. The van der Waals surface area contributed by atoms with Crippen LogP contribution in [-0.2, 0) is 0 Å². The van der Waals surface area contributed by atoms with E-state index in [1.807, 2.05) is 6.07 Å². The lowest BCUT2D eigenvalue weighted by Gasteiger charge is -2.12. The lowest BCUT2D eigenvalue weighted by Crippen LogP contribution is -2.40. The summed E-state index contributed by atoms with van der Waals surface area (Å²) in [5.74, 6) is 0. The van der Waals surface area contributed by atoms with Crippen molar-refractivity contribution in [3.05, 3.63) is 69.4 Å². The summed E-state index contributed by atoms with van der Waals surface area (Å²) in [5.41, 5.74) is 0.270. The molecule has 100 valence electrons. The molecule has 3 rings (SSSR count). The summed E-state index contributed by atoms with van der Waals surface area (Å²) in [6.07, 6.45) is 0. The van der Waals surface area contributed by atoms with Gasteiger partial charge in [0.1, 0.15) is 5.52 Å². The maximum absolute atomic E-state index is 12.3. The van der Waals surface area contributed by atoms with E-state index in [0.717, 1.165) is 0 Å². The van der Waals surface area contributed by atoms with E-state index in [1.54, 1.807) is 36.4 Å². The van der Waals surface area contributed by atoms with Crippen molar-refractivity contribution >= 4 is 22.6 Å². The first-order chi connectivity index (χ1) is 9.59. The minimum absolute atomic E-state index is 0.297. The van der Waals surface area contributed by atoms with Crippen molar-refractivity contribution in [1.82, 2.24) is 9.30 Å². The second-order valence-electron chi connectivity index (χ2n) is 4.27. The van der Waals surface area contributed by atoms with Gasteiger partial charge in [-0.15, -0.1) is 0 Å². The number of para-hydroxylation sites is 1. The molecule has 0 spiro atoms. The molecule has 5 nitrogen and oxygen atoms in total. The first-order valence-electron chi connectivity index (χ1n) is 5.86. The third kappa shape index (κ3) is 1.80. The molecule has 0 radical (unpaired) electrons. The average Bonchev–Trinajstić information content (AvgIpc) is 2.47. The van der Waals surface area contributed by atoms with Gasteiger partial charge in [0, 0.05) is 10.7 Å². The number of aromatic nitrogens is 2. The zero-order valence-electron chi connectivity index (χ0n) is 10.2. The molecule has 1 heterocycles. The summed E-state index contributed by atoms with van der Waals surface area (Å²) < 4.78 is 1.92. The van der Waals surface area contributed by atoms with E-state index in [-0.39, 0.29) is 0 Å². The second kappa shape index (κ2) is 4.54. The molecule has 0 aliphatic rings. The number of nitrogens with one attached hydrogen (secondary N) is 1. The Labute approximate surface area is 118 Å². The Balaban J connectivity index is 2.55. The van der Waals surface area contributed by atoms with E-state index in [4.69, 9.17) is 17.0 Å². The highest BCUT2D eigenvalue weighted by molar-refractivity contribution is 6.31. The molecule has 0 aliphatic carbocycles. The molecular formula is C14H10ClN3O2. The van der Waals surface area contributed by atoms with Crippen LogP contribution in [0.1, 0.15) is 0 Å². The van der Waals surface area contributed by atoms with Gasteiger partial charge in [0.2, 0.25) is 5.49 Å². The van der Waals surface area contributed by atoms with Crippen LogP contribution >= 0.6 is 11.6 Å². The van der Waals surface area contributed by atoms with Gasteiger partial charge in [-0.1, -0.05) is 29.8 Å². The van der Waals surface area contributed by atoms with Gasteiger partial charge in [-0.3, -0.25) is 14.8 Å². The summed E-state index contributed by atoms with van der Waals surface area (Å²) in [6.45, 7) is 0. The number of hydrogen-bond acceptors (Lipinski definition) is 3. The SMILES string of the molecule is N=c1c(=O)n(-c2ccccc2)c2ccc(Cl)cc2n1O. The summed E-state index contributed by atoms with van der Waals surface area (Å²) >= 11 is 5.91. The van der Waals surface area contributed by atoms with Crippen LogP contribution in [0.5, 0.6) is 0 Å². The molecule has 0 unspecified atom stereocenters. The van der Waals surface area contributed by atoms with Gasteiger partial charge in [-0.05, 0) is 30.3 Å². The van der Waals surface area contributed by atoms with Gasteiger partial charge in [-0.2, -0.15) is 4.73 Å². The molecule has 3 aromatic rings. The number of halogens is 1. The van der Waals surface area contributed by atoms with E-state index >= 15 is 0 Å². The van der Waals surface area contributed by atoms with Crippen LogP contribution in [0.3, 0.4) is 0 Å². The van der Waals surface area contributed by atoms with Gasteiger partial charge >= 0.3 is 5.56 Å². The third-order valence-corrected chi connectivity index (χ3v) is 3.27. The Morgan fingerprint density at radius 1 is 1.05 bits per heavy atom. The van der Waals surface area contributed by atoms with E-state index in [9.17, 15) is 10.0 Å². The Morgan fingerprint density at radius 2 is 1.75 bits per heavy atom. The van der Waals surface area contributed by atoms with E-state index in [0.29, 0.717) is 26.5 Å². The van der Waals surface area contributed by atoms with Crippen molar-refractivity contribution in [2.24, 2.45) is 0 Å². The highest BCUT2D eigenvalue weighted by atomic mass is 35.5. The van der Waals surface area contributed by atoms with Gasteiger partial charge < -0.3 is 5.21 Å². The number of hydrogen-bond donors (Lipinski definition) is 2. The maximum atomic E-state index is 12.3. The van der Waals surface area contributed by atoms with Gasteiger partial charge in [0.05, 0.1) is 5.52 Å². The minimum atomic E-state index is -0.603. The van der Waals surface area contributed by atoms with Crippen LogP contribution in [0.4, 0.5) is 0 Å². The van der Waals surface area contributed by atoms with Crippen molar-refractivity contribution in [3.63, 3.8) is 0 Å². The number of nitrogens with zero attached hydrogens (tertiary/aromatic N) is 2. The summed E-state index contributed by atoms with van der Waals surface area (Å²) in [4.78, 5) is 12.3. The Hall–Kier alpha value is -2.53. The topological polar surface area (TPSA) is 71.0 Å². The predicted molar refractivity (Wildman–Crippen MR) is 75.6 cm³/mol. The number of rotatable bonds is 1. The first-order valence-corrected chi connectivity index (χ1v) is 6.24. The Bertz CT molecular complexity index is 913. The number of fused-ring (bicyclic) bond motifs is 1. The molecular weight excluding hydrogens is 278 g/mol. The summed E-state index contributed by atoms with van der Waals surface area (Å²) in [6, 6.07) is 13.7. The van der Waals surface area contributed by atoms with Crippen molar-refractivity contribution in [2.75, 3.05) is 0 Å². The molecule has 0 saturated heterocycles. The van der Waals surface area contributed by atoms with E-state index < -0.39 is 11.0 Å². The largest absolute Gasteiger partial charge is 0.426 e. The molecule has 1 aromatic heterocycles. The van der Waals surface area contributed by atoms with Crippen LogP contribution in [0.15, 0.2) is 53.3 Å². The molecule has 0 saturated carbocycles. The van der Waals surface area contributed by atoms with Crippen LogP contribution in [0.25, 0.3) is 16.7 Å². The molecule has 0 aliphatic heterocycles. The van der Waals surface area contributed by atoms with Crippen LogP contribution in [-0.4, -0.2) is 14.5 Å². The Kier molecular flexibility index (Phi) is 2.84. The fraction of sp³-hybridized carbons (Fsp3) is 0. The van der Waals surface area contributed by atoms with Crippen LogP contribution in [0, 0.1) is 5.41 Å². The monoisotopic (exact) mass is 287 g/mol. The van der Waals surface area contributed by atoms with Crippen LogP contribution < -0.4 is 11.0 Å². The first kappa shape index (κ1) is 12.5. The summed E-state index contributed by atoms with van der Waals surface area (Å²) in [7, 11) is 0. The van der Waals surface area contributed by atoms with Gasteiger partial charge in [-0.25, -0.2) is 0 Å². The molecule has 20 heavy (non-hydrogen) atoms. The highest BCUT2D eigenvalue weighted by Gasteiger charge is 2.12. The normalized spacial score (nSPS) is 10.8. The lowest BCUT2D eigenvalue weighted by molar-refractivity contribution is 0.181. The minimum Gasteiger partial charge on any atom is -0.426 e. The lowest BCUT2D eigenvalue weighted by atomic mass is 10.2. The van der Waals surface area contributed by atoms with Crippen molar-refractivity contribution < 1.29 is 5.21 Å². The average molecular weight is 288 g/mol. The zero-order valence-corrected chi connectivity index (χ0v) is 11.0. The molecule has 2 N–H and O–H groups in total. The van der Waals surface area contributed by atoms with E-state index in [1.165, 1.54) is 10.6 Å². The standard InChI is InChI=1S/C14H10ClN3O2/c15-9-6-7-11-12(8-9)18(20)13(16)14(19)17(11)10-4-2-1-3-5-10/h1-8,16,20H. The quantitative estimate of drug-likeness (QED) is 0.673. The molecule has 0 atom stereocenters. The van der Waals surface area contributed by atoms with Crippen molar-refractivity contribution in [2.45, 2.75) is 0 Å². The summed E-state index contributed by atoms with van der Waals surface area (Å²) in [5, 5.41) is 18.0. The number of benzene rings is 2. The van der Waals surface area contributed by atoms with Crippen LogP contribution in [0.2, 0.25) is 5.02 Å². The van der Waals surface area contributed by atoms with Gasteiger partial charge in [0.25, 0.3) is 0 Å².